The zero-order valence-electron chi connectivity index (χ0n) is 21.0. The number of rotatable bonds is 10. The predicted molar refractivity (Wildman–Crippen MR) is 161 cm³/mol. The molecule has 5 rings (SSSR count). The molecule has 0 spiro atoms. The molecule has 0 saturated carbocycles. The third-order valence-corrected chi connectivity index (χ3v) is 8.50. The fraction of sp³-hybridized carbons (Fsp3) is 0.100. The van der Waals surface area contributed by atoms with Gasteiger partial charge >= 0.3 is 0 Å². The highest BCUT2D eigenvalue weighted by atomic mass is 32.2. The highest BCUT2D eigenvalue weighted by Crippen LogP contribution is 2.38. The summed E-state index contributed by atoms with van der Waals surface area (Å²) in [7, 11) is 0. The van der Waals surface area contributed by atoms with E-state index in [1.165, 1.54) is 34.4 Å². The van der Waals surface area contributed by atoms with Crippen LogP contribution in [0.3, 0.4) is 0 Å². The van der Waals surface area contributed by atoms with Gasteiger partial charge in [0, 0.05) is 21.5 Å². The van der Waals surface area contributed by atoms with Crippen molar-refractivity contribution >= 4 is 57.1 Å². The number of thiazole rings is 1. The fourth-order valence-electron chi connectivity index (χ4n) is 3.81. The van der Waals surface area contributed by atoms with Crippen molar-refractivity contribution in [3.8, 4) is 17.0 Å². The Morgan fingerprint density at radius 2 is 1.74 bits per heavy atom. The van der Waals surface area contributed by atoms with Gasteiger partial charge in [-0.3, -0.25) is 9.59 Å². The SMILES string of the molecule is CCOc1ccc(-c2csc(NC(=O)C(Sc3cccc(NC(=O)c4cccs4)c3)c3ccccc3)n2)cc1. The number of carbonyl (C=O) groups is 2. The third kappa shape index (κ3) is 6.94. The van der Waals surface area contributed by atoms with Crippen LogP contribution >= 0.6 is 34.4 Å². The van der Waals surface area contributed by atoms with Crippen molar-refractivity contribution in [1.82, 2.24) is 4.98 Å². The number of ether oxygens (including phenoxy) is 1. The van der Waals surface area contributed by atoms with Gasteiger partial charge in [0.1, 0.15) is 11.0 Å². The first kappa shape index (κ1) is 26.7. The van der Waals surface area contributed by atoms with Crippen molar-refractivity contribution in [2.75, 3.05) is 17.2 Å². The molecule has 196 valence electrons. The fourth-order valence-corrected chi connectivity index (χ4v) is 6.23. The molecule has 5 aromatic rings. The van der Waals surface area contributed by atoms with Gasteiger partial charge in [0.05, 0.1) is 17.2 Å². The summed E-state index contributed by atoms with van der Waals surface area (Å²) in [5.41, 5.74) is 3.28. The van der Waals surface area contributed by atoms with Crippen LogP contribution < -0.4 is 15.4 Å². The summed E-state index contributed by atoms with van der Waals surface area (Å²) in [6.45, 7) is 2.56. The third-order valence-electron chi connectivity index (χ3n) is 5.63. The largest absolute Gasteiger partial charge is 0.494 e. The molecule has 0 radical (unpaired) electrons. The molecule has 2 amide bonds. The van der Waals surface area contributed by atoms with Crippen molar-refractivity contribution in [2.45, 2.75) is 17.1 Å². The van der Waals surface area contributed by atoms with Crippen LogP contribution in [-0.2, 0) is 4.79 Å². The molecule has 0 bridgehead atoms. The Bertz CT molecular complexity index is 1530. The minimum absolute atomic E-state index is 0.156. The van der Waals surface area contributed by atoms with E-state index in [1.54, 1.807) is 6.07 Å². The summed E-state index contributed by atoms with van der Waals surface area (Å²) < 4.78 is 5.52. The Balaban J connectivity index is 1.32. The van der Waals surface area contributed by atoms with Crippen LogP contribution in [-0.4, -0.2) is 23.4 Å². The maximum Gasteiger partial charge on any atom is 0.265 e. The summed E-state index contributed by atoms with van der Waals surface area (Å²) in [5, 5.41) is 9.74. The average Bonchev–Trinajstić information content (AvgIpc) is 3.66. The molecule has 0 aliphatic carbocycles. The molecule has 1 unspecified atom stereocenters. The molecule has 0 aliphatic rings. The van der Waals surface area contributed by atoms with E-state index in [0.29, 0.717) is 22.3 Å². The lowest BCUT2D eigenvalue weighted by Crippen LogP contribution is -2.19. The Morgan fingerprint density at radius 3 is 2.49 bits per heavy atom. The summed E-state index contributed by atoms with van der Waals surface area (Å²) in [5.74, 6) is 0.478. The van der Waals surface area contributed by atoms with Crippen molar-refractivity contribution in [3.63, 3.8) is 0 Å². The van der Waals surface area contributed by atoms with Crippen molar-refractivity contribution in [1.29, 1.82) is 0 Å². The molecule has 2 heterocycles. The quantitative estimate of drug-likeness (QED) is 0.166. The summed E-state index contributed by atoms with van der Waals surface area (Å²) in [4.78, 5) is 32.2. The zero-order chi connectivity index (χ0) is 27.0. The first-order valence-corrected chi connectivity index (χ1v) is 14.9. The van der Waals surface area contributed by atoms with E-state index in [4.69, 9.17) is 4.74 Å². The van der Waals surface area contributed by atoms with Gasteiger partial charge in [-0.25, -0.2) is 4.98 Å². The minimum Gasteiger partial charge on any atom is -0.494 e. The topological polar surface area (TPSA) is 80.3 Å². The summed E-state index contributed by atoms with van der Waals surface area (Å²) in [6.07, 6.45) is 0. The smallest absolute Gasteiger partial charge is 0.265 e. The average molecular weight is 572 g/mol. The van der Waals surface area contributed by atoms with Gasteiger partial charge in [0.15, 0.2) is 5.13 Å². The number of hydrogen-bond donors (Lipinski definition) is 2. The first-order chi connectivity index (χ1) is 19.1. The lowest BCUT2D eigenvalue weighted by molar-refractivity contribution is -0.115. The highest BCUT2D eigenvalue weighted by molar-refractivity contribution is 8.00. The van der Waals surface area contributed by atoms with Crippen LogP contribution in [0.1, 0.15) is 27.4 Å². The molecule has 0 saturated heterocycles. The van der Waals surface area contributed by atoms with E-state index < -0.39 is 5.25 Å². The molecule has 2 aromatic heterocycles. The van der Waals surface area contributed by atoms with Gasteiger partial charge in [-0.15, -0.1) is 34.4 Å². The monoisotopic (exact) mass is 571 g/mol. The van der Waals surface area contributed by atoms with Gasteiger partial charge < -0.3 is 15.4 Å². The molecule has 2 N–H and O–H groups in total. The molecule has 0 aliphatic heterocycles. The van der Waals surface area contributed by atoms with Gasteiger partial charge in [-0.2, -0.15) is 0 Å². The Kier molecular flexibility index (Phi) is 8.72. The normalized spacial score (nSPS) is 11.5. The molecule has 1 atom stereocenters. The molecule has 0 fully saturated rings. The van der Waals surface area contributed by atoms with E-state index in [0.717, 1.165) is 27.5 Å². The van der Waals surface area contributed by atoms with Crippen LogP contribution in [0.4, 0.5) is 10.8 Å². The Hall–Kier alpha value is -3.92. The summed E-state index contributed by atoms with van der Waals surface area (Å²) >= 11 is 4.19. The second kappa shape index (κ2) is 12.8. The van der Waals surface area contributed by atoms with Gasteiger partial charge in [-0.1, -0.05) is 42.5 Å². The number of thiophene rings is 1. The van der Waals surface area contributed by atoms with Crippen LogP contribution in [0.15, 0.2) is 107 Å². The number of anilines is 2. The molecule has 39 heavy (non-hydrogen) atoms. The van der Waals surface area contributed by atoms with Crippen LogP contribution in [0, 0.1) is 0 Å². The van der Waals surface area contributed by atoms with E-state index in [-0.39, 0.29) is 11.8 Å². The Labute approximate surface area is 239 Å². The predicted octanol–water partition coefficient (Wildman–Crippen LogP) is 7.99. The maximum absolute atomic E-state index is 13.5. The number of aromatic nitrogens is 1. The van der Waals surface area contributed by atoms with Crippen LogP contribution in [0.5, 0.6) is 5.75 Å². The number of nitrogens with one attached hydrogen (secondary N) is 2. The minimum atomic E-state index is -0.521. The van der Waals surface area contributed by atoms with Crippen LogP contribution in [0.2, 0.25) is 0 Å². The van der Waals surface area contributed by atoms with E-state index >= 15 is 0 Å². The highest BCUT2D eigenvalue weighted by Gasteiger charge is 2.23. The number of hydrogen-bond acceptors (Lipinski definition) is 7. The lowest BCUT2D eigenvalue weighted by Gasteiger charge is -2.17. The van der Waals surface area contributed by atoms with Gasteiger partial charge in [0.25, 0.3) is 5.91 Å². The summed E-state index contributed by atoms with van der Waals surface area (Å²) in [6, 6.07) is 28.5. The van der Waals surface area contributed by atoms with E-state index in [9.17, 15) is 9.59 Å². The van der Waals surface area contributed by atoms with Gasteiger partial charge in [-0.05, 0) is 66.4 Å². The Morgan fingerprint density at radius 1 is 0.923 bits per heavy atom. The second-order valence-electron chi connectivity index (χ2n) is 8.35. The van der Waals surface area contributed by atoms with Gasteiger partial charge in [0.2, 0.25) is 5.91 Å². The molecule has 9 heteroatoms. The number of thioether (sulfide) groups is 1. The first-order valence-electron chi connectivity index (χ1n) is 12.2. The maximum atomic E-state index is 13.5. The van der Waals surface area contributed by atoms with Crippen molar-refractivity contribution in [3.05, 3.63) is 112 Å². The van der Waals surface area contributed by atoms with Crippen LogP contribution in [0.25, 0.3) is 11.3 Å². The van der Waals surface area contributed by atoms with Crippen molar-refractivity contribution in [2.24, 2.45) is 0 Å². The standard InChI is InChI=1S/C30H25N3O3S3/c1-2-36-23-15-13-20(14-16-23)25-19-38-30(32-25)33-29(35)27(21-8-4-3-5-9-21)39-24-11-6-10-22(18-24)31-28(34)26-12-7-17-37-26/h3-19,27H,2H2,1H3,(H,31,34)(H,32,33,35). The van der Waals surface area contributed by atoms with E-state index in [1.807, 2.05) is 103 Å². The molecule has 3 aromatic carbocycles. The second-order valence-corrected chi connectivity index (χ2v) is 11.3. The van der Waals surface area contributed by atoms with E-state index in [2.05, 4.69) is 15.6 Å². The zero-order valence-corrected chi connectivity index (χ0v) is 23.4. The number of amides is 2. The number of carbonyl (C=O) groups excluding carboxylic acids is 2. The molecular formula is C30H25N3O3S3. The molecule has 6 nitrogen and oxygen atoms in total. The number of benzene rings is 3. The number of nitrogens with zero attached hydrogens (tertiary/aromatic N) is 1. The van der Waals surface area contributed by atoms with Crippen molar-refractivity contribution < 1.29 is 14.3 Å². The lowest BCUT2D eigenvalue weighted by atomic mass is 10.1. The molecular weight excluding hydrogens is 547 g/mol.